The van der Waals surface area contributed by atoms with Crippen LogP contribution in [0.15, 0.2) is 72.8 Å². The third-order valence-electron chi connectivity index (χ3n) is 4.91. The molecule has 148 valence electrons. The maximum atomic E-state index is 12.9. The Morgan fingerprint density at radius 3 is 2.10 bits per heavy atom. The van der Waals surface area contributed by atoms with Gasteiger partial charge in [0.2, 0.25) is 5.91 Å². The number of carbonyl (C=O) groups excluding carboxylic acids is 2. The van der Waals surface area contributed by atoms with Crippen LogP contribution in [0.5, 0.6) is 0 Å². The number of nitrogens with one attached hydrogen (secondary N) is 1. The average Bonchev–Trinajstić information content (AvgIpc) is 2.69. The fourth-order valence-electron chi connectivity index (χ4n) is 3.12. The van der Waals surface area contributed by atoms with Crippen molar-refractivity contribution in [1.29, 1.82) is 0 Å². The molecule has 0 atom stereocenters. The molecule has 0 spiro atoms. The Morgan fingerprint density at radius 1 is 0.828 bits per heavy atom. The van der Waals surface area contributed by atoms with E-state index in [2.05, 4.69) is 26.1 Å². The molecule has 0 heterocycles. The molecule has 3 aromatic carbocycles. The molecule has 1 amide bonds. The largest absolute Gasteiger partial charge is 0.326 e. The number of hydrogen-bond donors (Lipinski definition) is 1. The normalized spacial score (nSPS) is 11.2. The number of amides is 1. The number of hydrogen-bond acceptors (Lipinski definition) is 2. The number of benzene rings is 3. The molecule has 0 saturated carbocycles. The van der Waals surface area contributed by atoms with Crippen LogP contribution in [-0.2, 0) is 16.6 Å². The second-order valence-corrected chi connectivity index (χ2v) is 8.45. The van der Waals surface area contributed by atoms with Gasteiger partial charge in [-0.15, -0.1) is 0 Å². The van der Waals surface area contributed by atoms with Gasteiger partial charge in [0.05, 0.1) is 6.42 Å². The van der Waals surface area contributed by atoms with Gasteiger partial charge in [0, 0.05) is 16.8 Å². The predicted octanol–water partition coefficient (Wildman–Crippen LogP) is 5.70. The highest BCUT2D eigenvalue weighted by Gasteiger charge is 2.15. The lowest BCUT2D eigenvalue weighted by Gasteiger charge is -2.19. The third-order valence-corrected chi connectivity index (χ3v) is 4.91. The van der Waals surface area contributed by atoms with Crippen LogP contribution in [0.25, 0.3) is 0 Å². The minimum Gasteiger partial charge on any atom is -0.326 e. The van der Waals surface area contributed by atoms with E-state index in [9.17, 15) is 9.59 Å². The molecule has 0 aromatic heterocycles. The molecule has 0 radical (unpaired) electrons. The number of ketones is 1. The standard InChI is InChI=1S/C26H27NO2/c1-18-8-10-19(11-9-18)16-24(28)27-23-7-5-6-21(17-23)25(29)20-12-14-22(15-13-20)26(2,3)4/h5-15,17H,16H2,1-4H3,(H,27,28). The predicted molar refractivity (Wildman–Crippen MR) is 119 cm³/mol. The van der Waals surface area contributed by atoms with Crippen LogP contribution in [0.2, 0.25) is 0 Å². The summed E-state index contributed by atoms with van der Waals surface area (Å²) in [6, 6.07) is 22.7. The minimum absolute atomic E-state index is 0.0449. The van der Waals surface area contributed by atoms with E-state index in [0.717, 1.165) is 11.1 Å². The average molecular weight is 386 g/mol. The van der Waals surface area contributed by atoms with Crippen molar-refractivity contribution in [3.8, 4) is 0 Å². The number of carbonyl (C=O) groups is 2. The molecule has 0 aliphatic rings. The number of rotatable bonds is 5. The molecule has 1 N–H and O–H groups in total. The van der Waals surface area contributed by atoms with Crippen LogP contribution in [0.4, 0.5) is 5.69 Å². The van der Waals surface area contributed by atoms with Gasteiger partial charge in [0.25, 0.3) is 0 Å². The van der Waals surface area contributed by atoms with E-state index in [0.29, 0.717) is 23.2 Å². The van der Waals surface area contributed by atoms with E-state index in [4.69, 9.17) is 0 Å². The van der Waals surface area contributed by atoms with Crippen LogP contribution < -0.4 is 5.32 Å². The molecule has 0 aliphatic carbocycles. The first-order chi connectivity index (χ1) is 13.7. The van der Waals surface area contributed by atoms with E-state index in [-0.39, 0.29) is 17.1 Å². The highest BCUT2D eigenvalue weighted by atomic mass is 16.1. The van der Waals surface area contributed by atoms with Gasteiger partial charge in [-0.3, -0.25) is 9.59 Å². The van der Waals surface area contributed by atoms with Crippen molar-refractivity contribution in [3.05, 3.63) is 101 Å². The lowest BCUT2D eigenvalue weighted by atomic mass is 9.86. The van der Waals surface area contributed by atoms with Gasteiger partial charge in [-0.25, -0.2) is 0 Å². The summed E-state index contributed by atoms with van der Waals surface area (Å²) in [5, 5.41) is 2.89. The summed E-state index contributed by atoms with van der Waals surface area (Å²) < 4.78 is 0. The summed E-state index contributed by atoms with van der Waals surface area (Å²) in [6.07, 6.45) is 0.298. The molecule has 3 rings (SSSR count). The minimum atomic E-state index is -0.104. The van der Waals surface area contributed by atoms with Crippen molar-refractivity contribution in [3.63, 3.8) is 0 Å². The summed E-state index contributed by atoms with van der Waals surface area (Å²) in [6.45, 7) is 8.45. The van der Waals surface area contributed by atoms with Crippen LogP contribution in [-0.4, -0.2) is 11.7 Å². The number of anilines is 1. The van der Waals surface area contributed by atoms with Crippen molar-refractivity contribution in [2.45, 2.75) is 39.5 Å². The van der Waals surface area contributed by atoms with Gasteiger partial charge >= 0.3 is 0 Å². The molecule has 0 saturated heterocycles. The van der Waals surface area contributed by atoms with E-state index >= 15 is 0 Å². The first-order valence-electron chi connectivity index (χ1n) is 9.83. The Balaban J connectivity index is 1.70. The van der Waals surface area contributed by atoms with Crippen molar-refractivity contribution in [1.82, 2.24) is 0 Å². The van der Waals surface area contributed by atoms with E-state index < -0.39 is 0 Å². The van der Waals surface area contributed by atoms with Crippen molar-refractivity contribution in [2.24, 2.45) is 0 Å². The Hall–Kier alpha value is -3.20. The van der Waals surface area contributed by atoms with Gasteiger partial charge in [-0.2, -0.15) is 0 Å². The zero-order chi connectivity index (χ0) is 21.0. The SMILES string of the molecule is Cc1ccc(CC(=O)Nc2cccc(C(=O)c3ccc(C(C)(C)C)cc3)c2)cc1. The zero-order valence-corrected chi connectivity index (χ0v) is 17.5. The first-order valence-corrected chi connectivity index (χ1v) is 9.83. The summed E-state index contributed by atoms with van der Waals surface area (Å²) >= 11 is 0. The van der Waals surface area contributed by atoms with Gasteiger partial charge in [0.15, 0.2) is 5.78 Å². The van der Waals surface area contributed by atoms with Crippen LogP contribution in [0.3, 0.4) is 0 Å². The van der Waals surface area contributed by atoms with Crippen LogP contribution in [0.1, 0.15) is 53.4 Å². The van der Waals surface area contributed by atoms with E-state index in [1.54, 1.807) is 24.3 Å². The quantitative estimate of drug-likeness (QED) is 0.572. The maximum absolute atomic E-state index is 12.9. The summed E-state index contributed by atoms with van der Waals surface area (Å²) in [4.78, 5) is 25.2. The second-order valence-electron chi connectivity index (χ2n) is 8.45. The molecule has 0 bridgehead atoms. The number of aryl methyl sites for hydroxylation is 1. The van der Waals surface area contributed by atoms with E-state index in [1.165, 1.54) is 5.56 Å². The van der Waals surface area contributed by atoms with Gasteiger partial charge in [0.1, 0.15) is 0 Å². The van der Waals surface area contributed by atoms with Gasteiger partial charge < -0.3 is 5.32 Å². The van der Waals surface area contributed by atoms with Crippen LogP contribution >= 0.6 is 0 Å². The Morgan fingerprint density at radius 2 is 1.48 bits per heavy atom. The molecule has 0 fully saturated rings. The topological polar surface area (TPSA) is 46.2 Å². The summed E-state index contributed by atoms with van der Waals surface area (Å²) in [5.74, 6) is -0.159. The third kappa shape index (κ3) is 5.41. The Bertz CT molecular complexity index is 1010. The maximum Gasteiger partial charge on any atom is 0.228 e. The fourth-order valence-corrected chi connectivity index (χ4v) is 3.12. The first kappa shape index (κ1) is 20.5. The van der Waals surface area contributed by atoms with Gasteiger partial charge in [-0.1, -0.05) is 87.0 Å². The Labute approximate surface area is 172 Å². The lowest BCUT2D eigenvalue weighted by Crippen LogP contribution is -2.15. The molecule has 3 nitrogen and oxygen atoms in total. The molecule has 3 heteroatoms. The molecular weight excluding hydrogens is 358 g/mol. The molecule has 0 aliphatic heterocycles. The molecular formula is C26H27NO2. The van der Waals surface area contributed by atoms with Gasteiger partial charge in [-0.05, 0) is 35.6 Å². The molecule has 3 aromatic rings. The highest BCUT2D eigenvalue weighted by Crippen LogP contribution is 2.23. The van der Waals surface area contributed by atoms with Crippen molar-refractivity contribution >= 4 is 17.4 Å². The monoisotopic (exact) mass is 385 g/mol. The fraction of sp³-hybridized carbons (Fsp3) is 0.231. The molecule has 0 unspecified atom stereocenters. The second kappa shape index (κ2) is 8.44. The van der Waals surface area contributed by atoms with Crippen molar-refractivity contribution in [2.75, 3.05) is 5.32 Å². The summed E-state index contributed by atoms with van der Waals surface area (Å²) in [5.41, 5.74) is 5.17. The zero-order valence-electron chi connectivity index (χ0n) is 17.5. The summed E-state index contributed by atoms with van der Waals surface area (Å²) in [7, 11) is 0. The lowest BCUT2D eigenvalue weighted by molar-refractivity contribution is -0.115. The van der Waals surface area contributed by atoms with E-state index in [1.807, 2.05) is 55.5 Å². The van der Waals surface area contributed by atoms with Crippen molar-refractivity contribution < 1.29 is 9.59 Å². The molecule has 29 heavy (non-hydrogen) atoms. The smallest absolute Gasteiger partial charge is 0.228 e. The van der Waals surface area contributed by atoms with Crippen LogP contribution in [0, 0.1) is 6.92 Å². The highest BCUT2D eigenvalue weighted by molar-refractivity contribution is 6.09. The Kier molecular flexibility index (Phi) is 5.97.